The summed E-state index contributed by atoms with van der Waals surface area (Å²) in [6.45, 7) is 0. The number of hydrogen-bond acceptors (Lipinski definition) is 3. The molecule has 5 nitrogen and oxygen atoms in total. The topological polar surface area (TPSA) is 93.0 Å². The lowest BCUT2D eigenvalue weighted by Crippen LogP contribution is -2.16. The van der Waals surface area contributed by atoms with Crippen LogP contribution >= 0.6 is 12.4 Å². The van der Waals surface area contributed by atoms with Gasteiger partial charge in [-0.3, -0.25) is 4.79 Å². The maximum absolute atomic E-state index is 11.2. The molecule has 86 valence electrons. The second-order valence-electron chi connectivity index (χ2n) is 3.09. The van der Waals surface area contributed by atoms with Gasteiger partial charge in [-0.25, -0.2) is 13.6 Å². The molecule has 0 saturated heterocycles. The van der Waals surface area contributed by atoms with Gasteiger partial charge < -0.3 is 4.98 Å². The van der Waals surface area contributed by atoms with Gasteiger partial charge in [0.05, 0.1) is 4.90 Å². The van der Waals surface area contributed by atoms with Crippen molar-refractivity contribution in [3.05, 3.63) is 40.7 Å². The molecular weight excluding hydrogens is 252 g/mol. The molecule has 2 rings (SSSR count). The van der Waals surface area contributed by atoms with Crippen LogP contribution in [0.15, 0.2) is 40.0 Å². The van der Waals surface area contributed by atoms with Crippen LogP contribution in [-0.4, -0.2) is 13.4 Å². The molecule has 0 aliphatic rings. The molecule has 1 heterocycles. The minimum Gasteiger partial charge on any atom is -0.322 e. The Morgan fingerprint density at radius 3 is 2.44 bits per heavy atom. The number of primary sulfonamides is 1. The van der Waals surface area contributed by atoms with E-state index in [-0.39, 0.29) is 17.3 Å². The number of sulfonamides is 1. The maximum atomic E-state index is 11.2. The molecule has 7 heteroatoms. The Labute approximate surface area is 97.7 Å². The molecule has 0 unspecified atom stereocenters. The van der Waals surface area contributed by atoms with Crippen molar-refractivity contribution in [1.82, 2.24) is 4.98 Å². The van der Waals surface area contributed by atoms with Gasteiger partial charge >= 0.3 is 0 Å². The van der Waals surface area contributed by atoms with Gasteiger partial charge in [0.2, 0.25) is 15.6 Å². The SMILES string of the molecule is Cl.NS(=O)(=O)c1cc(=O)[nH]c2ccccc12. The molecule has 1 aromatic heterocycles. The van der Waals surface area contributed by atoms with Crippen LogP contribution in [-0.2, 0) is 10.0 Å². The smallest absolute Gasteiger partial charge is 0.249 e. The van der Waals surface area contributed by atoms with E-state index in [0.717, 1.165) is 6.07 Å². The first-order valence-corrected chi connectivity index (χ1v) is 5.68. The Balaban J connectivity index is 0.00000128. The summed E-state index contributed by atoms with van der Waals surface area (Å²) in [6, 6.07) is 7.56. The molecule has 1 aromatic carbocycles. The van der Waals surface area contributed by atoms with Crippen LogP contribution < -0.4 is 10.7 Å². The molecule has 0 spiro atoms. The average Bonchev–Trinajstić information content (AvgIpc) is 2.15. The van der Waals surface area contributed by atoms with E-state index in [4.69, 9.17) is 5.14 Å². The normalized spacial score (nSPS) is 11.1. The number of rotatable bonds is 1. The molecule has 0 bridgehead atoms. The third-order valence-electron chi connectivity index (χ3n) is 2.02. The fraction of sp³-hybridized carbons (Fsp3) is 0. The first-order chi connectivity index (χ1) is 6.98. The van der Waals surface area contributed by atoms with Gasteiger partial charge in [0.25, 0.3) is 0 Å². The number of fused-ring (bicyclic) bond motifs is 1. The standard InChI is InChI=1S/C9H8N2O3S.ClH/c10-15(13,14)8-5-9(12)11-7-4-2-1-3-6(7)8;/h1-5H,(H,11,12)(H2,10,13,14);1H. The Kier molecular flexibility index (Phi) is 3.37. The van der Waals surface area contributed by atoms with E-state index in [1.807, 2.05) is 0 Å². The molecule has 0 aliphatic heterocycles. The highest BCUT2D eigenvalue weighted by Gasteiger charge is 2.13. The van der Waals surface area contributed by atoms with Crippen molar-refractivity contribution in [2.24, 2.45) is 5.14 Å². The van der Waals surface area contributed by atoms with Crippen molar-refractivity contribution in [1.29, 1.82) is 0 Å². The number of para-hydroxylation sites is 1. The summed E-state index contributed by atoms with van der Waals surface area (Å²) >= 11 is 0. The third kappa shape index (κ3) is 2.24. The summed E-state index contributed by atoms with van der Waals surface area (Å²) < 4.78 is 22.4. The molecule has 2 aromatic rings. The van der Waals surface area contributed by atoms with Crippen LogP contribution in [0, 0.1) is 0 Å². The summed E-state index contributed by atoms with van der Waals surface area (Å²) in [5.74, 6) is 0. The lowest BCUT2D eigenvalue weighted by Gasteiger charge is -2.02. The Morgan fingerprint density at radius 1 is 1.19 bits per heavy atom. The van der Waals surface area contributed by atoms with Gasteiger partial charge in [-0.1, -0.05) is 18.2 Å². The van der Waals surface area contributed by atoms with E-state index in [0.29, 0.717) is 10.9 Å². The van der Waals surface area contributed by atoms with Gasteiger partial charge in [-0.15, -0.1) is 12.4 Å². The third-order valence-corrected chi connectivity index (χ3v) is 2.97. The maximum Gasteiger partial charge on any atom is 0.249 e. The number of benzene rings is 1. The van der Waals surface area contributed by atoms with E-state index < -0.39 is 15.6 Å². The molecule has 0 fully saturated rings. The fourth-order valence-corrected chi connectivity index (χ4v) is 2.16. The van der Waals surface area contributed by atoms with Crippen LogP contribution in [0.2, 0.25) is 0 Å². The summed E-state index contributed by atoms with van der Waals surface area (Å²) in [7, 11) is -3.87. The predicted molar refractivity (Wildman–Crippen MR) is 63.2 cm³/mol. The van der Waals surface area contributed by atoms with Crippen molar-refractivity contribution in [2.45, 2.75) is 4.90 Å². The zero-order valence-corrected chi connectivity index (χ0v) is 9.64. The molecule has 16 heavy (non-hydrogen) atoms. The van der Waals surface area contributed by atoms with E-state index in [1.165, 1.54) is 0 Å². The average molecular weight is 261 g/mol. The van der Waals surface area contributed by atoms with Crippen molar-refractivity contribution in [3.8, 4) is 0 Å². The lowest BCUT2D eigenvalue weighted by molar-refractivity contribution is 0.598. The van der Waals surface area contributed by atoms with E-state index in [2.05, 4.69) is 4.98 Å². The number of aromatic nitrogens is 1. The molecular formula is C9H9ClN2O3S. The highest BCUT2D eigenvalue weighted by molar-refractivity contribution is 7.89. The van der Waals surface area contributed by atoms with Crippen molar-refractivity contribution < 1.29 is 8.42 Å². The van der Waals surface area contributed by atoms with Crippen molar-refractivity contribution in [3.63, 3.8) is 0 Å². The van der Waals surface area contributed by atoms with Crippen LogP contribution in [0.3, 0.4) is 0 Å². The molecule has 0 saturated carbocycles. The van der Waals surface area contributed by atoms with Gasteiger partial charge in [-0.2, -0.15) is 0 Å². The van der Waals surface area contributed by atoms with Gasteiger partial charge in [0, 0.05) is 17.0 Å². The molecule has 3 N–H and O–H groups in total. The second kappa shape index (κ2) is 4.25. The number of hydrogen-bond donors (Lipinski definition) is 2. The van der Waals surface area contributed by atoms with Crippen LogP contribution in [0.5, 0.6) is 0 Å². The molecule has 0 radical (unpaired) electrons. The van der Waals surface area contributed by atoms with Crippen LogP contribution in [0.4, 0.5) is 0 Å². The quantitative estimate of drug-likeness (QED) is 0.786. The molecule has 0 atom stereocenters. The largest absolute Gasteiger partial charge is 0.322 e. The fourth-order valence-electron chi connectivity index (χ4n) is 1.41. The van der Waals surface area contributed by atoms with Gasteiger partial charge in [-0.05, 0) is 6.07 Å². The van der Waals surface area contributed by atoms with E-state index in [1.54, 1.807) is 24.3 Å². The van der Waals surface area contributed by atoms with Crippen molar-refractivity contribution in [2.75, 3.05) is 0 Å². The number of aromatic amines is 1. The summed E-state index contributed by atoms with van der Waals surface area (Å²) in [5.41, 5.74) is -0.0354. The predicted octanol–water partition coefficient (Wildman–Crippen LogP) is 0.597. The highest BCUT2D eigenvalue weighted by atomic mass is 35.5. The molecule has 0 amide bonds. The number of halogens is 1. The number of nitrogens with two attached hydrogens (primary N) is 1. The first-order valence-electron chi connectivity index (χ1n) is 4.13. The van der Waals surface area contributed by atoms with Crippen molar-refractivity contribution >= 4 is 33.3 Å². The lowest BCUT2D eigenvalue weighted by atomic mass is 10.2. The number of pyridine rings is 1. The summed E-state index contributed by atoms with van der Waals surface area (Å²) in [5, 5.41) is 5.43. The number of H-pyrrole nitrogens is 1. The van der Waals surface area contributed by atoms with E-state index in [9.17, 15) is 13.2 Å². The Bertz CT molecular complexity index is 678. The van der Waals surface area contributed by atoms with E-state index >= 15 is 0 Å². The Morgan fingerprint density at radius 2 is 1.81 bits per heavy atom. The first kappa shape index (κ1) is 12.7. The Hall–Kier alpha value is -1.37. The number of nitrogens with one attached hydrogen (secondary N) is 1. The zero-order valence-electron chi connectivity index (χ0n) is 8.01. The van der Waals surface area contributed by atoms with Gasteiger partial charge in [0.15, 0.2) is 0 Å². The monoisotopic (exact) mass is 260 g/mol. The molecule has 0 aliphatic carbocycles. The van der Waals surface area contributed by atoms with Crippen LogP contribution in [0.25, 0.3) is 10.9 Å². The second-order valence-corrected chi connectivity index (χ2v) is 4.62. The zero-order chi connectivity index (χ0) is 11.1. The summed E-state index contributed by atoms with van der Waals surface area (Å²) in [6.07, 6.45) is 0. The summed E-state index contributed by atoms with van der Waals surface area (Å²) in [4.78, 5) is 13.6. The van der Waals surface area contributed by atoms with Crippen LogP contribution in [0.1, 0.15) is 0 Å². The van der Waals surface area contributed by atoms with Gasteiger partial charge in [0.1, 0.15) is 0 Å². The minimum atomic E-state index is -3.87. The highest BCUT2D eigenvalue weighted by Crippen LogP contribution is 2.17. The minimum absolute atomic E-state index is 0.